The molecule has 5 heteroatoms. The van der Waals surface area contributed by atoms with Gasteiger partial charge < -0.3 is 14.5 Å². The molecule has 0 saturated carbocycles. The quantitative estimate of drug-likeness (QED) is 0.828. The summed E-state index contributed by atoms with van der Waals surface area (Å²) < 4.78 is 6.16. The van der Waals surface area contributed by atoms with Crippen LogP contribution in [0.4, 0.5) is 5.69 Å². The van der Waals surface area contributed by atoms with Crippen molar-refractivity contribution >= 4 is 11.6 Å². The summed E-state index contributed by atoms with van der Waals surface area (Å²) in [7, 11) is 0. The van der Waals surface area contributed by atoms with Gasteiger partial charge in [-0.25, -0.2) is 0 Å². The van der Waals surface area contributed by atoms with E-state index in [1.165, 1.54) is 12.1 Å². The monoisotopic (exact) mass is 365 g/mol. The molecule has 0 N–H and O–H groups in total. The van der Waals surface area contributed by atoms with E-state index in [-0.39, 0.29) is 12.0 Å². The smallest absolute Gasteiger partial charge is 0.253 e. The molecule has 0 bridgehead atoms. The van der Waals surface area contributed by atoms with Gasteiger partial charge in [0, 0.05) is 62.7 Å². The number of amides is 1. The number of ether oxygens (including phenoxy) is 1. The summed E-state index contributed by atoms with van der Waals surface area (Å²) in [6.07, 6.45) is 9.36. The predicted molar refractivity (Wildman–Crippen MR) is 106 cm³/mol. The molecule has 2 saturated heterocycles. The number of hydrogen-bond acceptors (Lipinski definition) is 4. The summed E-state index contributed by atoms with van der Waals surface area (Å²) in [6.45, 7) is 3.74. The molecule has 0 spiro atoms. The van der Waals surface area contributed by atoms with Crippen LogP contribution in [0, 0.1) is 0 Å². The maximum Gasteiger partial charge on any atom is 0.253 e. The first-order chi connectivity index (χ1) is 13.3. The van der Waals surface area contributed by atoms with Crippen LogP contribution in [0.25, 0.3) is 0 Å². The maximum atomic E-state index is 12.5. The van der Waals surface area contributed by atoms with Gasteiger partial charge in [0.05, 0.1) is 0 Å². The second-order valence-corrected chi connectivity index (χ2v) is 7.39. The Labute approximate surface area is 161 Å². The standard InChI is InChI=1S/C22H27N3O2/c26-22(25-14-2-1-3-15-25)18-4-6-20(7-5-18)27-21-10-16-24(17-11-21)19-8-12-23-13-9-19/h4-9,12-13,21H,1-3,10-11,14-17H2. The number of likely N-dealkylation sites (tertiary alicyclic amines) is 1. The normalized spacial score (nSPS) is 18.4. The number of benzene rings is 1. The van der Waals surface area contributed by atoms with Gasteiger partial charge in [-0.15, -0.1) is 0 Å². The molecule has 1 aromatic heterocycles. The number of carbonyl (C=O) groups is 1. The number of piperidine rings is 2. The maximum absolute atomic E-state index is 12.5. The highest BCUT2D eigenvalue weighted by Crippen LogP contribution is 2.23. The van der Waals surface area contributed by atoms with E-state index in [4.69, 9.17) is 4.74 Å². The third-order valence-corrected chi connectivity index (χ3v) is 5.52. The van der Waals surface area contributed by atoms with Crippen molar-refractivity contribution in [3.8, 4) is 5.75 Å². The van der Waals surface area contributed by atoms with Crippen molar-refractivity contribution in [3.63, 3.8) is 0 Å². The highest BCUT2D eigenvalue weighted by atomic mass is 16.5. The number of anilines is 1. The molecule has 2 aromatic rings. The van der Waals surface area contributed by atoms with E-state index in [1.807, 2.05) is 41.6 Å². The van der Waals surface area contributed by atoms with Crippen LogP contribution in [0.15, 0.2) is 48.8 Å². The topological polar surface area (TPSA) is 45.7 Å². The molecule has 1 aromatic carbocycles. The highest BCUT2D eigenvalue weighted by molar-refractivity contribution is 5.94. The second-order valence-electron chi connectivity index (χ2n) is 7.39. The molecule has 3 heterocycles. The van der Waals surface area contributed by atoms with Gasteiger partial charge in [0.25, 0.3) is 5.91 Å². The number of pyridine rings is 1. The zero-order valence-electron chi connectivity index (χ0n) is 15.7. The molecule has 142 valence electrons. The van der Waals surface area contributed by atoms with Crippen molar-refractivity contribution in [1.29, 1.82) is 0 Å². The third kappa shape index (κ3) is 4.41. The zero-order valence-corrected chi connectivity index (χ0v) is 15.7. The Morgan fingerprint density at radius 2 is 1.56 bits per heavy atom. The molecule has 0 radical (unpaired) electrons. The largest absolute Gasteiger partial charge is 0.490 e. The van der Waals surface area contributed by atoms with Gasteiger partial charge in [0.2, 0.25) is 0 Å². The minimum atomic E-state index is 0.145. The molecule has 2 fully saturated rings. The molecule has 5 nitrogen and oxygen atoms in total. The molecule has 4 rings (SSSR count). The molecule has 0 aliphatic carbocycles. The van der Waals surface area contributed by atoms with E-state index in [2.05, 4.69) is 22.0 Å². The molecule has 0 unspecified atom stereocenters. The van der Waals surface area contributed by atoms with Gasteiger partial charge in [-0.05, 0) is 55.7 Å². The van der Waals surface area contributed by atoms with E-state index in [0.717, 1.165) is 63.2 Å². The molecular formula is C22H27N3O2. The molecular weight excluding hydrogens is 338 g/mol. The number of rotatable bonds is 4. The minimum Gasteiger partial charge on any atom is -0.490 e. The van der Waals surface area contributed by atoms with Crippen molar-refractivity contribution in [1.82, 2.24) is 9.88 Å². The number of nitrogens with zero attached hydrogens (tertiary/aromatic N) is 3. The number of carbonyl (C=O) groups excluding carboxylic acids is 1. The van der Waals surface area contributed by atoms with Gasteiger partial charge in [-0.1, -0.05) is 0 Å². The SMILES string of the molecule is O=C(c1ccc(OC2CCN(c3ccncc3)CC2)cc1)N1CCCCC1. The average Bonchev–Trinajstić information content (AvgIpc) is 2.76. The van der Waals surface area contributed by atoms with Gasteiger partial charge in [0.15, 0.2) is 0 Å². The van der Waals surface area contributed by atoms with E-state index in [9.17, 15) is 4.79 Å². The van der Waals surface area contributed by atoms with Crippen LogP contribution in [0.2, 0.25) is 0 Å². The zero-order chi connectivity index (χ0) is 18.5. The average molecular weight is 365 g/mol. The number of hydrogen-bond donors (Lipinski definition) is 0. The lowest BCUT2D eigenvalue weighted by Gasteiger charge is -2.33. The third-order valence-electron chi connectivity index (χ3n) is 5.52. The van der Waals surface area contributed by atoms with Crippen LogP contribution in [0.5, 0.6) is 5.75 Å². The molecule has 1 amide bonds. The number of aromatic nitrogens is 1. The Kier molecular flexibility index (Phi) is 5.56. The van der Waals surface area contributed by atoms with E-state index < -0.39 is 0 Å². The first-order valence-corrected chi connectivity index (χ1v) is 10.0. The van der Waals surface area contributed by atoms with Crippen molar-refractivity contribution in [2.24, 2.45) is 0 Å². The summed E-state index contributed by atoms with van der Waals surface area (Å²) in [4.78, 5) is 21.0. The van der Waals surface area contributed by atoms with Crippen LogP contribution in [0.3, 0.4) is 0 Å². The summed E-state index contributed by atoms with van der Waals surface area (Å²) in [5.41, 5.74) is 1.99. The van der Waals surface area contributed by atoms with Crippen molar-refractivity contribution in [3.05, 3.63) is 54.4 Å². The Hall–Kier alpha value is -2.56. The molecule has 0 atom stereocenters. The van der Waals surface area contributed by atoms with E-state index in [0.29, 0.717) is 0 Å². The summed E-state index contributed by atoms with van der Waals surface area (Å²) >= 11 is 0. The van der Waals surface area contributed by atoms with Crippen LogP contribution in [0.1, 0.15) is 42.5 Å². The Morgan fingerprint density at radius 3 is 2.22 bits per heavy atom. The first-order valence-electron chi connectivity index (χ1n) is 10.0. The first kappa shape index (κ1) is 17.8. The van der Waals surface area contributed by atoms with Crippen molar-refractivity contribution < 1.29 is 9.53 Å². The lowest BCUT2D eigenvalue weighted by Crippen LogP contribution is -2.38. The summed E-state index contributed by atoms with van der Waals surface area (Å²) in [6, 6.07) is 11.8. The minimum absolute atomic E-state index is 0.145. The summed E-state index contributed by atoms with van der Waals surface area (Å²) in [5, 5.41) is 0. The fourth-order valence-electron chi connectivity index (χ4n) is 3.93. The van der Waals surface area contributed by atoms with Gasteiger partial charge in [-0.3, -0.25) is 9.78 Å². The summed E-state index contributed by atoms with van der Waals surface area (Å²) in [5.74, 6) is 1.000. The lowest BCUT2D eigenvalue weighted by molar-refractivity contribution is 0.0724. The van der Waals surface area contributed by atoms with Crippen LogP contribution < -0.4 is 9.64 Å². The van der Waals surface area contributed by atoms with Crippen LogP contribution in [-0.4, -0.2) is 48.1 Å². The van der Waals surface area contributed by atoms with Crippen molar-refractivity contribution in [2.75, 3.05) is 31.1 Å². The van der Waals surface area contributed by atoms with E-state index >= 15 is 0 Å². The van der Waals surface area contributed by atoms with Crippen molar-refractivity contribution in [2.45, 2.75) is 38.2 Å². The lowest BCUT2D eigenvalue weighted by atomic mass is 10.1. The predicted octanol–water partition coefficient (Wildman–Crippen LogP) is 3.76. The fraction of sp³-hybridized carbons (Fsp3) is 0.455. The Bertz CT molecular complexity index is 734. The highest BCUT2D eigenvalue weighted by Gasteiger charge is 2.21. The van der Waals surface area contributed by atoms with Gasteiger partial charge in [0.1, 0.15) is 11.9 Å². The Morgan fingerprint density at radius 1 is 0.889 bits per heavy atom. The molecule has 2 aliphatic heterocycles. The Balaban J connectivity index is 1.29. The van der Waals surface area contributed by atoms with Gasteiger partial charge >= 0.3 is 0 Å². The fourth-order valence-corrected chi connectivity index (χ4v) is 3.93. The molecule has 2 aliphatic rings. The van der Waals surface area contributed by atoms with Crippen LogP contribution in [-0.2, 0) is 0 Å². The van der Waals surface area contributed by atoms with Gasteiger partial charge in [-0.2, -0.15) is 0 Å². The molecule has 27 heavy (non-hydrogen) atoms. The van der Waals surface area contributed by atoms with Crippen LogP contribution >= 0.6 is 0 Å². The second kappa shape index (κ2) is 8.42. The van der Waals surface area contributed by atoms with E-state index in [1.54, 1.807) is 0 Å².